The van der Waals surface area contributed by atoms with E-state index in [4.69, 9.17) is 0 Å². The van der Waals surface area contributed by atoms with Gasteiger partial charge in [0.15, 0.2) is 0 Å². The highest BCUT2D eigenvalue weighted by Gasteiger charge is 2.20. The Labute approximate surface area is 242 Å². The standard InChI is InChI=1S/C40H24S/c1-2-10-25(11-3-1)34-23-36-31-17-7-5-15-29(31)35(24-37(36)30-16-6-4-14-28(30)34)27-20-21-32-33-18-8-12-26-13-9-19-38(40(26)33)41-39(32)22-27/h1-24H. The van der Waals surface area contributed by atoms with Gasteiger partial charge in [-0.2, -0.15) is 0 Å². The SMILES string of the molecule is c1ccc(-c2cc3c4ccccc4c(-c4ccc5c(c4)Sc4cccc6cccc-5c46)cc3c3ccccc23)cc1. The lowest BCUT2D eigenvalue weighted by Crippen LogP contribution is -1.94. The highest BCUT2D eigenvalue weighted by molar-refractivity contribution is 7.99. The predicted octanol–water partition coefficient (Wildman–Crippen LogP) is 11.8. The van der Waals surface area contributed by atoms with Crippen LogP contribution in [-0.4, -0.2) is 0 Å². The van der Waals surface area contributed by atoms with Crippen molar-refractivity contribution in [3.8, 4) is 33.4 Å². The van der Waals surface area contributed by atoms with E-state index >= 15 is 0 Å². The average Bonchev–Trinajstić information content (AvgIpc) is 3.04. The quantitative estimate of drug-likeness (QED) is 0.198. The van der Waals surface area contributed by atoms with Gasteiger partial charge in [0, 0.05) is 15.2 Å². The zero-order valence-electron chi connectivity index (χ0n) is 22.3. The molecule has 0 aliphatic carbocycles. The van der Waals surface area contributed by atoms with Gasteiger partial charge >= 0.3 is 0 Å². The molecule has 0 N–H and O–H groups in total. The number of benzene rings is 8. The van der Waals surface area contributed by atoms with Gasteiger partial charge in [0.05, 0.1) is 0 Å². The molecule has 0 bridgehead atoms. The summed E-state index contributed by atoms with van der Waals surface area (Å²) in [5, 5.41) is 10.5. The summed E-state index contributed by atoms with van der Waals surface area (Å²) in [5.74, 6) is 0. The molecule has 0 unspecified atom stereocenters. The molecule has 1 aliphatic heterocycles. The molecule has 0 amide bonds. The Morgan fingerprint density at radius 3 is 1.63 bits per heavy atom. The maximum Gasteiger partial charge on any atom is 0.0207 e. The maximum absolute atomic E-state index is 2.43. The fourth-order valence-corrected chi connectivity index (χ4v) is 7.97. The van der Waals surface area contributed by atoms with Gasteiger partial charge in [0.1, 0.15) is 0 Å². The third kappa shape index (κ3) is 3.43. The third-order valence-corrected chi connectivity index (χ3v) is 9.75. The van der Waals surface area contributed by atoms with Crippen molar-refractivity contribution in [2.75, 3.05) is 0 Å². The molecule has 0 saturated heterocycles. The van der Waals surface area contributed by atoms with Gasteiger partial charge in [-0.1, -0.05) is 133 Å². The van der Waals surface area contributed by atoms with Crippen LogP contribution in [0.2, 0.25) is 0 Å². The van der Waals surface area contributed by atoms with Crippen LogP contribution in [0.1, 0.15) is 0 Å². The van der Waals surface area contributed by atoms with Crippen LogP contribution in [0.15, 0.2) is 155 Å². The monoisotopic (exact) mass is 536 g/mol. The molecular weight excluding hydrogens is 513 g/mol. The number of hydrogen-bond acceptors (Lipinski definition) is 1. The van der Waals surface area contributed by atoms with Crippen molar-refractivity contribution in [3.05, 3.63) is 146 Å². The van der Waals surface area contributed by atoms with Crippen molar-refractivity contribution in [1.29, 1.82) is 0 Å². The Hall–Kier alpha value is -4.85. The zero-order chi connectivity index (χ0) is 26.9. The molecule has 0 spiro atoms. The van der Waals surface area contributed by atoms with Gasteiger partial charge in [0.2, 0.25) is 0 Å². The zero-order valence-corrected chi connectivity index (χ0v) is 23.1. The van der Waals surface area contributed by atoms with Gasteiger partial charge in [0.25, 0.3) is 0 Å². The average molecular weight is 537 g/mol. The molecule has 1 heteroatoms. The molecule has 1 heterocycles. The van der Waals surface area contributed by atoms with Gasteiger partial charge in [-0.3, -0.25) is 0 Å². The molecule has 1 aliphatic rings. The molecular formula is C40H24S. The van der Waals surface area contributed by atoms with E-state index in [1.54, 1.807) is 0 Å². The highest BCUT2D eigenvalue weighted by atomic mass is 32.2. The Morgan fingerprint density at radius 2 is 0.927 bits per heavy atom. The summed E-state index contributed by atoms with van der Waals surface area (Å²) in [4.78, 5) is 2.66. The summed E-state index contributed by atoms with van der Waals surface area (Å²) in [6, 6.07) is 53.8. The first kappa shape index (κ1) is 22.9. The maximum atomic E-state index is 2.43. The summed E-state index contributed by atoms with van der Waals surface area (Å²) < 4.78 is 0. The first-order valence-corrected chi connectivity index (χ1v) is 14.9. The Kier molecular flexibility index (Phi) is 4.93. The minimum atomic E-state index is 1.25. The molecule has 0 saturated carbocycles. The van der Waals surface area contributed by atoms with E-state index in [1.807, 2.05) is 11.8 Å². The van der Waals surface area contributed by atoms with Gasteiger partial charge < -0.3 is 0 Å². The Balaban J connectivity index is 1.32. The van der Waals surface area contributed by atoms with Gasteiger partial charge in [-0.05, 0) is 95.3 Å². The van der Waals surface area contributed by atoms with E-state index in [9.17, 15) is 0 Å². The van der Waals surface area contributed by atoms with E-state index in [2.05, 4.69) is 146 Å². The molecule has 9 rings (SSSR count). The second-order valence-electron chi connectivity index (χ2n) is 10.9. The van der Waals surface area contributed by atoms with Crippen molar-refractivity contribution < 1.29 is 0 Å². The molecule has 8 aromatic rings. The molecule has 0 fully saturated rings. The second kappa shape index (κ2) is 8.83. The largest absolute Gasteiger partial charge is 0.0888 e. The molecule has 0 radical (unpaired) electrons. The summed E-state index contributed by atoms with van der Waals surface area (Å²) in [7, 11) is 0. The minimum absolute atomic E-state index is 1.25. The minimum Gasteiger partial charge on any atom is -0.0888 e. The second-order valence-corrected chi connectivity index (χ2v) is 12.0. The fraction of sp³-hybridized carbons (Fsp3) is 0. The van der Waals surface area contributed by atoms with Crippen LogP contribution in [0.25, 0.3) is 76.5 Å². The molecule has 8 aromatic carbocycles. The van der Waals surface area contributed by atoms with E-state index in [0.29, 0.717) is 0 Å². The molecule has 0 atom stereocenters. The summed E-state index contributed by atoms with van der Waals surface area (Å²) in [6.07, 6.45) is 0. The number of fused-ring (bicyclic) bond motifs is 7. The van der Waals surface area contributed by atoms with Crippen molar-refractivity contribution in [3.63, 3.8) is 0 Å². The van der Waals surface area contributed by atoms with Crippen LogP contribution >= 0.6 is 11.8 Å². The lowest BCUT2D eigenvalue weighted by atomic mass is 9.87. The topological polar surface area (TPSA) is 0 Å². The summed E-state index contributed by atoms with van der Waals surface area (Å²) in [6.45, 7) is 0. The molecule has 190 valence electrons. The van der Waals surface area contributed by atoms with E-state index in [0.717, 1.165) is 0 Å². The van der Waals surface area contributed by atoms with Crippen molar-refractivity contribution >= 4 is 54.9 Å². The van der Waals surface area contributed by atoms with Crippen LogP contribution in [0, 0.1) is 0 Å². The first-order valence-electron chi connectivity index (χ1n) is 14.1. The van der Waals surface area contributed by atoms with Gasteiger partial charge in [-0.15, -0.1) is 0 Å². The lowest BCUT2D eigenvalue weighted by molar-refractivity contribution is 1.40. The smallest absolute Gasteiger partial charge is 0.0207 e. The van der Waals surface area contributed by atoms with Crippen LogP contribution in [0.3, 0.4) is 0 Å². The first-order chi connectivity index (χ1) is 20.3. The fourth-order valence-electron chi connectivity index (χ4n) is 6.78. The summed E-state index contributed by atoms with van der Waals surface area (Å²) in [5.41, 5.74) is 7.74. The normalized spacial score (nSPS) is 12.3. The molecule has 0 nitrogen and oxygen atoms in total. The van der Waals surface area contributed by atoms with Crippen LogP contribution in [0.4, 0.5) is 0 Å². The van der Waals surface area contributed by atoms with Crippen molar-refractivity contribution in [2.24, 2.45) is 0 Å². The van der Waals surface area contributed by atoms with Gasteiger partial charge in [-0.25, -0.2) is 0 Å². The molecule has 41 heavy (non-hydrogen) atoms. The predicted molar refractivity (Wildman–Crippen MR) is 177 cm³/mol. The van der Waals surface area contributed by atoms with Crippen molar-refractivity contribution in [2.45, 2.75) is 9.79 Å². The third-order valence-electron chi connectivity index (χ3n) is 8.64. The van der Waals surface area contributed by atoms with E-state index in [1.165, 1.54) is 86.3 Å². The Bertz CT molecular complexity index is 2320. The van der Waals surface area contributed by atoms with Crippen LogP contribution in [0.5, 0.6) is 0 Å². The number of rotatable bonds is 2. The molecule has 0 aromatic heterocycles. The lowest BCUT2D eigenvalue weighted by Gasteiger charge is -2.21. The van der Waals surface area contributed by atoms with Crippen LogP contribution < -0.4 is 0 Å². The van der Waals surface area contributed by atoms with E-state index < -0.39 is 0 Å². The summed E-state index contributed by atoms with van der Waals surface area (Å²) >= 11 is 1.89. The Morgan fingerprint density at radius 1 is 0.317 bits per heavy atom. The highest BCUT2D eigenvalue weighted by Crippen LogP contribution is 2.49. The van der Waals surface area contributed by atoms with E-state index in [-0.39, 0.29) is 0 Å². The van der Waals surface area contributed by atoms with Crippen molar-refractivity contribution in [1.82, 2.24) is 0 Å². The number of hydrogen-bond donors (Lipinski definition) is 0. The van der Waals surface area contributed by atoms with Crippen LogP contribution in [-0.2, 0) is 0 Å².